The van der Waals surface area contributed by atoms with E-state index in [4.69, 9.17) is 16.3 Å². The lowest BCUT2D eigenvalue weighted by atomic mass is 10.1. The van der Waals surface area contributed by atoms with Crippen LogP contribution in [-0.2, 0) is 4.79 Å². The summed E-state index contributed by atoms with van der Waals surface area (Å²) in [4.78, 5) is 16.8. The maximum Gasteiger partial charge on any atom is 0.230 e. The van der Waals surface area contributed by atoms with Crippen molar-refractivity contribution in [3.8, 4) is 11.4 Å². The number of amides is 1. The molecule has 2 aromatic carbocycles. The molecule has 0 aliphatic carbocycles. The van der Waals surface area contributed by atoms with Crippen molar-refractivity contribution in [3.63, 3.8) is 0 Å². The van der Waals surface area contributed by atoms with Gasteiger partial charge < -0.3 is 10.1 Å². The number of halogens is 1. The normalized spacial score (nSPS) is 11.9. The van der Waals surface area contributed by atoms with E-state index in [0.29, 0.717) is 5.02 Å². The number of hydrogen-bond acceptors (Lipinski definition) is 4. The van der Waals surface area contributed by atoms with Crippen molar-refractivity contribution in [1.29, 1.82) is 0 Å². The topological polar surface area (TPSA) is 56.1 Å². The van der Waals surface area contributed by atoms with Crippen LogP contribution in [0.1, 0.15) is 24.1 Å². The lowest BCUT2D eigenvalue weighted by molar-refractivity contribution is -0.119. The predicted molar refractivity (Wildman–Crippen MR) is 114 cm³/mol. The minimum atomic E-state index is -0.154. The second-order valence-electron chi connectivity index (χ2n) is 6.28. The number of nitrogens with one attached hydrogen (secondary N) is 1. The van der Waals surface area contributed by atoms with Gasteiger partial charge in [-0.25, -0.2) is 4.98 Å². The van der Waals surface area contributed by atoms with E-state index in [2.05, 4.69) is 10.3 Å². The molecule has 3 aromatic rings. The summed E-state index contributed by atoms with van der Waals surface area (Å²) in [6.45, 7) is 3.91. The second-order valence-corrected chi connectivity index (χ2v) is 7.63. The van der Waals surface area contributed by atoms with Gasteiger partial charge in [-0.3, -0.25) is 9.36 Å². The van der Waals surface area contributed by atoms with Crippen LogP contribution in [0.2, 0.25) is 5.02 Å². The zero-order valence-corrected chi connectivity index (χ0v) is 17.6. The van der Waals surface area contributed by atoms with Crippen molar-refractivity contribution in [2.45, 2.75) is 25.0 Å². The van der Waals surface area contributed by atoms with Gasteiger partial charge in [-0.05, 0) is 37.6 Å². The van der Waals surface area contributed by atoms with Crippen LogP contribution in [0.5, 0.6) is 5.75 Å². The number of para-hydroxylation sites is 1. The Morgan fingerprint density at radius 3 is 2.86 bits per heavy atom. The van der Waals surface area contributed by atoms with Gasteiger partial charge in [-0.15, -0.1) is 0 Å². The Balaban J connectivity index is 1.66. The monoisotopic (exact) mass is 415 g/mol. The molecule has 0 radical (unpaired) electrons. The average Bonchev–Trinajstić information content (AvgIpc) is 3.16. The highest BCUT2D eigenvalue weighted by atomic mass is 35.5. The van der Waals surface area contributed by atoms with Gasteiger partial charge in [0.1, 0.15) is 5.75 Å². The Morgan fingerprint density at radius 2 is 2.07 bits per heavy atom. The molecule has 0 spiro atoms. The third-order valence-electron chi connectivity index (χ3n) is 4.42. The summed E-state index contributed by atoms with van der Waals surface area (Å²) < 4.78 is 7.32. The van der Waals surface area contributed by atoms with Crippen molar-refractivity contribution < 1.29 is 9.53 Å². The van der Waals surface area contributed by atoms with Gasteiger partial charge in [0.05, 0.1) is 24.6 Å². The maximum atomic E-state index is 12.5. The Labute approximate surface area is 174 Å². The molecule has 1 amide bonds. The number of carbonyl (C=O) groups is 1. The lowest BCUT2D eigenvalue weighted by Crippen LogP contribution is -2.28. The number of imidazole rings is 1. The van der Waals surface area contributed by atoms with E-state index < -0.39 is 0 Å². The first-order chi connectivity index (χ1) is 13.5. The molecule has 0 bridgehead atoms. The first kappa shape index (κ1) is 20.3. The number of nitrogens with zero attached hydrogens (tertiary/aromatic N) is 2. The summed E-state index contributed by atoms with van der Waals surface area (Å²) >= 11 is 7.62. The number of benzene rings is 2. The molecular weight excluding hydrogens is 394 g/mol. The largest absolute Gasteiger partial charge is 0.496 e. The highest BCUT2D eigenvalue weighted by molar-refractivity contribution is 7.99. The van der Waals surface area contributed by atoms with Crippen LogP contribution < -0.4 is 10.1 Å². The molecule has 146 valence electrons. The summed E-state index contributed by atoms with van der Waals surface area (Å²) in [7, 11) is 1.63. The van der Waals surface area contributed by atoms with Gasteiger partial charge in [0.15, 0.2) is 5.16 Å². The number of thioether (sulfide) groups is 1. The summed E-state index contributed by atoms with van der Waals surface area (Å²) in [6.07, 6.45) is 3.59. The van der Waals surface area contributed by atoms with E-state index in [0.717, 1.165) is 27.7 Å². The number of rotatable bonds is 7. The molecule has 1 unspecified atom stereocenters. The molecule has 3 rings (SSSR count). The Bertz CT molecular complexity index is 974. The molecule has 0 aliphatic heterocycles. The molecule has 0 aliphatic rings. The fraction of sp³-hybridized carbons (Fsp3) is 0.238. The van der Waals surface area contributed by atoms with Gasteiger partial charge >= 0.3 is 0 Å². The van der Waals surface area contributed by atoms with Crippen LogP contribution in [0.3, 0.4) is 0 Å². The fourth-order valence-corrected chi connectivity index (χ4v) is 3.90. The van der Waals surface area contributed by atoms with Crippen LogP contribution >= 0.6 is 23.4 Å². The van der Waals surface area contributed by atoms with E-state index in [-0.39, 0.29) is 17.7 Å². The van der Waals surface area contributed by atoms with Crippen molar-refractivity contribution in [2.24, 2.45) is 0 Å². The Morgan fingerprint density at radius 1 is 1.29 bits per heavy atom. The summed E-state index contributed by atoms with van der Waals surface area (Å²) in [5.41, 5.74) is 2.87. The van der Waals surface area contributed by atoms with Crippen LogP contribution in [0.25, 0.3) is 5.69 Å². The molecule has 1 heterocycles. The van der Waals surface area contributed by atoms with Gasteiger partial charge in [0.25, 0.3) is 0 Å². The standard InChI is InChI=1S/C21H22ClN3O2S/c1-14-17(22)8-6-9-18(14)25-12-11-23-21(25)28-13-20(26)24-15(2)16-7-4-5-10-19(16)27-3/h4-12,15H,13H2,1-3H3,(H,24,26). The average molecular weight is 416 g/mol. The summed E-state index contributed by atoms with van der Waals surface area (Å²) in [5.74, 6) is 0.950. The van der Waals surface area contributed by atoms with Gasteiger partial charge in [-0.2, -0.15) is 0 Å². The fourth-order valence-electron chi connectivity index (χ4n) is 2.95. The molecule has 1 N–H and O–H groups in total. The third kappa shape index (κ3) is 4.51. The smallest absolute Gasteiger partial charge is 0.230 e. The van der Waals surface area contributed by atoms with Crippen molar-refractivity contribution >= 4 is 29.3 Å². The first-order valence-corrected chi connectivity index (χ1v) is 10.2. The van der Waals surface area contributed by atoms with Crippen molar-refractivity contribution in [3.05, 3.63) is 71.0 Å². The number of hydrogen-bond donors (Lipinski definition) is 1. The minimum Gasteiger partial charge on any atom is -0.496 e. The maximum absolute atomic E-state index is 12.5. The zero-order chi connectivity index (χ0) is 20.1. The van der Waals surface area contributed by atoms with Gasteiger partial charge in [0.2, 0.25) is 5.91 Å². The lowest BCUT2D eigenvalue weighted by Gasteiger charge is -2.17. The van der Waals surface area contributed by atoms with E-state index in [1.807, 2.05) is 67.1 Å². The zero-order valence-electron chi connectivity index (χ0n) is 16.0. The van der Waals surface area contributed by atoms with Crippen LogP contribution in [0.15, 0.2) is 60.0 Å². The van der Waals surface area contributed by atoms with Gasteiger partial charge in [0, 0.05) is 23.0 Å². The molecule has 1 atom stereocenters. The number of methoxy groups -OCH3 is 1. The first-order valence-electron chi connectivity index (χ1n) is 8.85. The minimum absolute atomic E-state index is 0.0687. The van der Waals surface area contributed by atoms with Crippen LogP contribution in [0.4, 0.5) is 0 Å². The molecule has 0 saturated carbocycles. The second kappa shape index (κ2) is 9.17. The molecular formula is C21H22ClN3O2S. The van der Waals surface area contributed by atoms with Crippen LogP contribution in [-0.4, -0.2) is 28.3 Å². The highest BCUT2D eigenvalue weighted by Crippen LogP contribution is 2.27. The summed E-state index contributed by atoms with van der Waals surface area (Å²) in [5, 5.41) is 4.46. The number of carbonyl (C=O) groups excluding carboxylic acids is 1. The molecule has 5 nitrogen and oxygen atoms in total. The third-order valence-corrected chi connectivity index (χ3v) is 5.80. The van der Waals surface area contributed by atoms with Crippen molar-refractivity contribution in [1.82, 2.24) is 14.9 Å². The number of ether oxygens (including phenoxy) is 1. The van der Waals surface area contributed by atoms with E-state index in [1.54, 1.807) is 13.3 Å². The molecule has 0 fully saturated rings. The Kier molecular flexibility index (Phi) is 6.65. The van der Waals surface area contributed by atoms with Crippen molar-refractivity contribution in [2.75, 3.05) is 12.9 Å². The van der Waals surface area contributed by atoms with Crippen LogP contribution in [0, 0.1) is 6.92 Å². The Hall–Kier alpha value is -2.44. The molecule has 28 heavy (non-hydrogen) atoms. The molecule has 7 heteroatoms. The van der Waals surface area contributed by atoms with Gasteiger partial charge in [-0.1, -0.05) is 47.6 Å². The SMILES string of the molecule is COc1ccccc1C(C)NC(=O)CSc1nccn1-c1cccc(Cl)c1C. The van der Waals surface area contributed by atoms with E-state index in [9.17, 15) is 4.79 Å². The summed E-state index contributed by atoms with van der Waals surface area (Å²) in [6, 6.07) is 13.3. The van der Waals surface area contributed by atoms with E-state index in [1.165, 1.54) is 11.8 Å². The number of aromatic nitrogens is 2. The highest BCUT2D eigenvalue weighted by Gasteiger charge is 2.15. The predicted octanol–water partition coefficient (Wildman–Crippen LogP) is 4.81. The quantitative estimate of drug-likeness (QED) is 0.562. The molecule has 0 saturated heterocycles. The van der Waals surface area contributed by atoms with E-state index >= 15 is 0 Å². The molecule has 1 aromatic heterocycles.